The number of rotatable bonds is 8. The molecule has 0 spiro atoms. The predicted octanol–water partition coefficient (Wildman–Crippen LogP) is 2.63. The molecule has 132 valence electrons. The number of nitriles is 1. The second-order valence-corrected chi connectivity index (χ2v) is 6.35. The topological polar surface area (TPSA) is 75.8 Å². The molecule has 6 heteroatoms. The summed E-state index contributed by atoms with van der Waals surface area (Å²) in [5, 5.41) is 16.7. The van der Waals surface area contributed by atoms with Gasteiger partial charge in [-0.3, -0.25) is 0 Å². The number of nitrogens with one attached hydrogen (secondary N) is 1. The number of unbranched alkanes of at least 4 members (excludes halogenated alkanes) is 1. The van der Waals surface area contributed by atoms with Crippen LogP contribution in [0.15, 0.2) is 24.3 Å². The van der Waals surface area contributed by atoms with Crippen LogP contribution in [-0.4, -0.2) is 27.4 Å². The second kappa shape index (κ2) is 8.63. The monoisotopic (exact) mass is 339 g/mol. The molecule has 3 rings (SSSR count). The lowest BCUT2D eigenvalue weighted by Crippen LogP contribution is -2.37. The van der Waals surface area contributed by atoms with Crippen molar-refractivity contribution in [3.05, 3.63) is 41.5 Å². The molecule has 1 aromatic heterocycles. The van der Waals surface area contributed by atoms with Crippen LogP contribution in [-0.2, 0) is 25.9 Å². The van der Waals surface area contributed by atoms with E-state index in [0.717, 1.165) is 56.2 Å². The van der Waals surface area contributed by atoms with E-state index in [2.05, 4.69) is 45.2 Å². The largest absolute Gasteiger partial charge is 0.494 e. The van der Waals surface area contributed by atoms with E-state index < -0.39 is 0 Å². The summed E-state index contributed by atoms with van der Waals surface area (Å²) in [6.07, 6.45) is 4.26. The molecule has 1 N–H and O–H groups in total. The van der Waals surface area contributed by atoms with Crippen LogP contribution in [0.5, 0.6) is 5.75 Å². The molecular formula is C19H25N5O. The summed E-state index contributed by atoms with van der Waals surface area (Å²) in [4.78, 5) is 4.56. The minimum atomic E-state index is 0.416. The Morgan fingerprint density at radius 3 is 3.20 bits per heavy atom. The zero-order valence-corrected chi connectivity index (χ0v) is 14.7. The average molecular weight is 339 g/mol. The van der Waals surface area contributed by atoms with Crippen molar-refractivity contribution >= 4 is 0 Å². The lowest BCUT2D eigenvalue weighted by molar-refractivity contribution is 0.312. The van der Waals surface area contributed by atoms with Crippen molar-refractivity contribution in [3.8, 4) is 11.8 Å². The molecule has 0 amide bonds. The van der Waals surface area contributed by atoms with E-state index in [0.29, 0.717) is 19.1 Å². The molecule has 0 fully saturated rings. The summed E-state index contributed by atoms with van der Waals surface area (Å²) in [5.74, 6) is 2.92. The Morgan fingerprint density at radius 1 is 1.44 bits per heavy atom. The Bertz CT molecular complexity index is 734. The molecule has 2 heterocycles. The van der Waals surface area contributed by atoms with Gasteiger partial charge in [-0.25, -0.2) is 9.67 Å². The zero-order valence-electron chi connectivity index (χ0n) is 14.7. The quantitative estimate of drug-likeness (QED) is 0.748. The Balaban J connectivity index is 1.49. The summed E-state index contributed by atoms with van der Waals surface area (Å²) in [6.45, 7) is 4.37. The Morgan fingerprint density at radius 2 is 2.36 bits per heavy atom. The number of ether oxygens (including phenoxy) is 1. The van der Waals surface area contributed by atoms with E-state index in [-0.39, 0.29) is 0 Å². The minimum Gasteiger partial charge on any atom is -0.494 e. The normalized spacial score (nSPS) is 16.2. The fourth-order valence-electron chi connectivity index (χ4n) is 3.03. The summed E-state index contributed by atoms with van der Waals surface area (Å²) in [5.41, 5.74) is 1.21. The summed E-state index contributed by atoms with van der Waals surface area (Å²) >= 11 is 0. The van der Waals surface area contributed by atoms with E-state index in [1.165, 1.54) is 5.56 Å². The molecule has 0 aliphatic carbocycles. The standard InChI is InChI=1S/C19H25N5O/c1-2-18-22-19-9-8-16(14-24(19)23-18)21-13-15-6-5-7-17(12-15)25-11-4-3-10-20/h5-7,12,16,21H,2-4,8-9,11,13-14H2,1H3. The van der Waals surface area contributed by atoms with Crippen LogP contribution >= 0.6 is 0 Å². The van der Waals surface area contributed by atoms with Gasteiger partial charge in [0.05, 0.1) is 19.2 Å². The zero-order chi connectivity index (χ0) is 17.5. The molecule has 25 heavy (non-hydrogen) atoms. The highest BCUT2D eigenvalue weighted by Gasteiger charge is 2.20. The third-order valence-corrected chi connectivity index (χ3v) is 4.41. The van der Waals surface area contributed by atoms with Gasteiger partial charge >= 0.3 is 0 Å². The smallest absolute Gasteiger partial charge is 0.150 e. The van der Waals surface area contributed by atoms with Crippen LogP contribution in [0.4, 0.5) is 0 Å². The fraction of sp³-hybridized carbons (Fsp3) is 0.526. The number of benzene rings is 1. The molecule has 1 unspecified atom stereocenters. The average Bonchev–Trinajstić information content (AvgIpc) is 3.06. The van der Waals surface area contributed by atoms with Gasteiger partial charge in [0, 0.05) is 31.8 Å². The van der Waals surface area contributed by atoms with Crippen molar-refractivity contribution in [3.63, 3.8) is 0 Å². The molecule has 1 aromatic carbocycles. The number of hydrogen-bond donors (Lipinski definition) is 1. The van der Waals surface area contributed by atoms with Gasteiger partial charge < -0.3 is 10.1 Å². The van der Waals surface area contributed by atoms with E-state index >= 15 is 0 Å². The fourth-order valence-corrected chi connectivity index (χ4v) is 3.03. The van der Waals surface area contributed by atoms with Crippen molar-refractivity contribution in [2.45, 2.75) is 58.2 Å². The molecule has 1 aliphatic heterocycles. The van der Waals surface area contributed by atoms with Gasteiger partial charge in [-0.05, 0) is 30.5 Å². The molecular weight excluding hydrogens is 314 g/mol. The number of aryl methyl sites for hydroxylation is 2. The van der Waals surface area contributed by atoms with Crippen LogP contribution in [0.3, 0.4) is 0 Å². The van der Waals surface area contributed by atoms with Crippen molar-refractivity contribution in [1.29, 1.82) is 5.26 Å². The highest BCUT2D eigenvalue weighted by Crippen LogP contribution is 2.16. The van der Waals surface area contributed by atoms with Crippen LogP contribution in [0.2, 0.25) is 0 Å². The third kappa shape index (κ3) is 4.80. The van der Waals surface area contributed by atoms with Gasteiger partial charge in [-0.2, -0.15) is 10.4 Å². The Kier molecular flexibility index (Phi) is 6.02. The molecule has 6 nitrogen and oxygen atoms in total. The van der Waals surface area contributed by atoms with E-state index in [1.54, 1.807) is 0 Å². The van der Waals surface area contributed by atoms with E-state index in [1.807, 2.05) is 12.1 Å². The van der Waals surface area contributed by atoms with E-state index in [4.69, 9.17) is 10.00 Å². The summed E-state index contributed by atoms with van der Waals surface area (Å²) < 4.78 is 7.75. The SMILES string of the molecule is CCc1nc2n(n1)CC(NCc1cccc(OCCCC#N)c1)CC2. The van der Waals surface area contributed by atoms with Gasteiger partial charge in [-0.15, -0.1) is 0 Å². The molecule has 2 aromatic rings. The Hall–Kier alpha value is -2.39. The molecule has 1 atom stereocenters. The van der Waals surface area contributed by atoms with Crippen LogP contribution in [0.25, 0.3) is 0 Å². The molecule has 0 bridgehead atoms. The Labute approximate surface area is 148 Å². The van der Waals surface area contributed by atoms with Crippen molar-refractivity contribution < 1.29 is 4.74 Å². The first-order valence-electron chi connectivity index (χ1n) is 9.03. The summed E-state index contributed by atoms with van der Waals surface area (Å²) in [6, 6.07) is 10.7. The first-order chi connectivity index (χ1) is 12.3. The minimum absolute atomic E-state index is 0.416. The molecule has 0 saturated heterocycles. The first kappa shape index (κ1) is 17.4. The van der Waals surface area contributed by atoms with Crippen LogP contribution in [0, 0.1) is 11.3 Å². The highest BCUT2D eigenvalue weighted by atomic mass is 16.5. The molecule has 0 saturated carbocycles. The van der Waals surface area contributed by atoms with Crippen LogP contribution < -0.4 is 10.1 Å². The van der Waals surface area contributed by atoms with Gasteiger partial charge in [0.15, 0.2) is 5.82 Å². The number of hydrogen-bond acceptors (Lipinski definition) is 5. The number of nitrogens with zero attached hydrogens (tertiary/aromatic N) is 4. The van der Waals surface area contributed by atoms with Gasteiger partial charge in [0.2, 0.25) is 0 Å². The maximum atomic E-state index is 8.55. The number of aromatic nitrogens is 3. The first-order valence-corrected chi connectivity index (χ1v) is 9.03. The van der Waals surface area contributed by atoms with E-state index in [9.17, 15) is 0 Å². The van der Waals surface area contributed by atoms with Crippen LogP contribution in [0.1, 0.15) is 43.4 Å². The van der Waals surface area contributed by atoms with Crippen molar-refractivity contribution in [2.75, 3.05) is 6.61 Å². The maximum absolute atomic E-state index is 8.55. The van der Waals surface area contributed by atoms with Gasteiger partial charge in [-0.1, -0.05) is 19.1 Å². The predicted molar refractivity (Wildman–Crippen MR) is 95.1 cm³/mol. The molecule has 1 aliphatic rings. The third-order valence-electron chi connectivity index (χ3n) is 4.41. The maximum Gasteiger partial charge on any atom is 0.150 e. The number of fused-ring (bicyclic) bond motifs is 1. The summed E-state index contributed by atoms with van der Waals surface area (Å²) in [7, 11) is 0. The lowest BCUT2D eigenvalue weighted by Gasteiger charge is -2.23. The molecule has 0 radical (unpaired) electrons. The lowest BCUT2D eigenvalue weighted by atomic mass is 10.1. The highest BCUT2D eigenvalue weighted by molar-refractivity contribution is 5.28. The van der Waals surface area contributed by atoms with Gasteiger partial charge in [0.1, 0.15) is 11.6 Å². The van der Waals surface area contributed by atoms with Crippen molar-refractivity contribution in [2.24, 2.45) is 0 Å². The van der Waals surface area contributed by atoms with Gasteiger partial charge in [0.25, 0.3) is 0 Å². The second-order valence-electron chi connectivity index (χ2n) is 6.35. The van der Waals surface area contributed by atoms with Crippen molar-refractivity contribution in [1.82, 2.24) is 20.1 Å².